The molecule has 2 aromatic carbocycles. The summed E-state index contributed by atoms with van der Waals surface area (Å²) in [7, 11) is 1.54. The number of para-hydroxylation sites is 1. The third-order valence-electron chi connectivity index (χ3n) is 5.29. The number of methoxy groups -OCH3 is 1. The van der Waals surface area contributed by atoms with Crippen LogP contribution in [0.1, 0.15) is 18.1 Å². The van der Waals surface area contributed by atoms with Crippen LogP contribution in [0.5, 0.6) is 5.75 Å². The Morgan fingerprint density at radius 2 is 1.82 bits per heavy atom. The molecule has 0 unspecified atom stereocenters. The van der Waals surface area contributed by atoms with E-state index < -0.39 is 17.2 Å². The number of carbonyl (C=O) groups is 1. The van der Waals surface area contributed by atoms with Gasteiger partial charge in [-0.3, -0.25) is 18.7 Å². The predicted octanol–water partition coefficient (Wildman–Crippen LogP) is 2.21. The summed E-state index contributed by atoms with van der Waals surface area (Å²) in [5.74, 6) is 0.201. The third kappa shape index (κ3) is 4.52. The van der Waals surface area contributed by atoms with E-state index in [1.165, 1.54) is 17.0 Å². The number of benzene rings is 2. The molecule has 0 radical (unpaired) electrons. The first-order valence-corrected chi connectivity index (χ1v) is 10.5. The monoisotopic (exact) mass is 445 g/mol. The smallest absolute Gasteiger partial charge is 0.333 e. The van der Waals surface area contributed by atoms with E-state index in [0.717, 1.165) is 16.6 Å². The van der Waals surface area contributed by atoms with Gasteiger partial charge in [-0.05, 0) is 35.7 Å². The van der Waals surface area contributed by atoms with Gasteiger partial charge < -0.3 is 10.1 Å². The molecule has 0 aliphatic rings. The first-order valence-electron chi connectivity index (χ1n) is 10.5. The molecule has 33 heavy (non-hydrogen) atoms. The van der Waals surface area contributed by atoms with Gasteiger partial charge in [0.25, 0.3) is 5.56 Å². The fraction of sp³-hybridized carbons (Fsp3) is 0.208. The van der Waals surface area contributed by atoms with Gasteiger partial charge >= 0.3 is 5.69 Å². The maximum absolute atomic E-state index is 13.3. The van der Waals surface area contributed by atoms with Crippen LogP contribution in [0.3, 0.4) is 0 Å². The Labute approximate surface area is 189 Å². The van der Waals surface area contributed by atoms with Crippen LogP contribution < -0.4 is 21.3 Å². The highest BCUT2D eigenvalue weighted by molar-refractivity contribution is 5.92. The molecule has 0 saturated carbocycles. The van der Waals surface area contributed by atoms with Crippen molar-refractivity contribution in [3.8, 4) is 5.75 Å². The minimum Gasteiger partial charge on any atom is -0.497 e. The molecule has 0 aliphatic carbocycles. The molecule has 2 aromatic heterocycles. The number of anilines is 1. The quantitative estimate of drug-likeness (QED) is 0.467. The van der Waals surface area contributed by atoms with E-state index in [0.29, 0.717) is 17.0 Å². The average molecular weight is 445 g/mol. The van der Waals surface area contributed by atoms with Crippen LogP contribution in [0.2, 0.25) is 0 Å². The zero-order chi connectivity index (χ0) is 23.4. The van der Waals surface area contributed by atoms with E-state index in [1.807, 2.05) is 25.1 Å². The van der Waals surface area contributed by atoms with Crippen LogP contribution in [0.15, 0.2) is 70.5 Å². The Morgan fingerprint density at radius 3 is 2.61 bits per heavy atom. The summed E-state index contributed by atoms with van der Waals surface area (Å²) in [5.41, 5.74) is 1.22. The molecule has 9 heteroatoms. The van der Waals surface area contributed by atoms with Crippen molar-refractivity contribution in [1.29, 1.82) is 0 Å². The Hall–Kier alpha value is -4.27. The van der Waals surface area contributed by atoms with Crippen molar-refractivity contribution in [2.24, 2.45) is 0 Å². The fourth-order valence-electron chi connectivity index (χ4n) is 3.65. The second-order valence-electron chi connectivity index (χ2n) is 7.40. The highest BCUT2D eigenvalue weighted by Crippen LogP contribution is 2.16. The molecule has 9 nitrogen and oxygen atoms in total. The number of fused-ring (bicyclic) bond motifs is 1. The van der Waals surface area contributed by atoms with Gasteiger partial charge in [0.1, 0.15) is 12.3 Å². The molecule has 4 aromatic rings. The molecule has 0 atom stereocenters. The van der Waals surface area contributed by atoms with E-state index in [2.05, 4.69) is 15.3 Å². The van der Waals surface area contributed by atoms with Crippen molar-refractivity contribution in [1.82, 2.24) is 19.1 Å². The first kappa shape index (κ1) is 21.9. The van der Waals surface area contributed by atoms with Gasteiger partial charge in [0, 0.05) is 18.1 Å². The van der Waals surface area contributed by atoms with Crippen molar-refractivity contribution in [3.05, 3.63) is 92.9 Å². The van der Waals surface area contributed by atoms with Gasteiger partial charge in [-0.1, -0.05) is 37.3 Å². The number of nitrogens with one attached hydrogen (secondary N) is 1. The van der Waals surface area contributed by atoms with Gasteiger partial charge in [-0.2, -0.15) is 0 Å². The van der Waals surface area contributed by atoms with E-state index in [9.17, 15) is 14.4 Å². The van der Waals surface area contributed by atoms with E-state index >= 15 is 0 Å². The molecule has 1 amide bonds. The number of hydrogen-bond donors (Lipinski definition) is 1. The molecule has 4 rings (SSSR count). The van der Waals surface area contributed by atoms with Crippen molar-refractivity contribution in [3.63, 3.8) is 0 Å². The number of rotatable bonds is 7. The number of nitrogens with zero attached hydrogens (tertiary/aromatic N) is 4. The summed E-state index contributed by atoms with van der Waals surface area (Å²) < 4.78 is 7.46. The number of aromatic nitrogens is 4. The maximum Gasteiger partial charge on any atom is 0.333 e. The Bertz CT molecular complexity index is 1440. The molecule has 0 fully saturated rings. The summed E-state index contributed by atoms with van der Waals surface area (Å²) in [6, 6.07) is 14.5. The zero-order valence-corrected chi connectivity index (χ0v) is 18.3. The number of aryl methyl sites for hydroxylation is 1. The number of amides is 1. The summed E-state index contributed by atoms with van der Waals surface area (Å²) in [6.45, 7) is 1.68. The van der Waals surface area contributed by atoms with Crippen molar-refractivity contribution in [2.75, 3.05) is 12.4 Å². The molecule has 2 heterocycles. The normalized spacial score (nSPS) is 10.8. The van der Waals surface area contributed by atoms with Crippen molar-refractivity contribution < 1.29 is 9.53 Å². The Kier molecular flexibility index (Phi) is 6.30. The van der Waals surface area contributed by atoms with Crippen molar-refractivity contribution in [2.45, 2.75) is 26.4 Å². The summed E-state index contributed by atoms with van der Waals surface area (Å²) in [6.07, 6.45) is 3.51. The molecular weight excluding hydrogens is 422 g/mol. The molecule has 0 bridgehead atoms. The zero-order valence-electron chi connectivity index (χ0n) is 18.3. The highest BCUT2D eigenvalue weighted by Gasteiger charge is 2.18. The van der Waals surface area contributed by atoms with Crippen LogP contribution in [0.25, 0.3) is 11.2 Å². The number of hydrogen-bond acceptors (Lipinski definition) is 6. The minimum absolute atomic E-state index is 0.00165. The predicted molar refractivity (Wildman–Crippen MR) is 125 cm³/mol. The van der Waals surface area contributed by atoms with Crippen LogP contribution >= 0.6 is 0 Å². The van der Waals surface area contributed by atoms with E-state index in [4.69, 9.17) is 4.74 Å². The Balaban J connectivity index is 1.75. The SMILES string of the molecule is CCc1ccccc1NC(=O)Cn1c(=O)n(Cc2cccc(OC)c2)c(=O)c2nccnc21. The molecule has 168 valence electrons. The summed E-state index contributed by atoms with van der Waals surface area (Å²) in [5, 5.41) is 2.85. The number of carbonyl (C=O) groups excluding carboxylic acids is 1. The molecular formula is C24H23N5O4. The Morgan fingerprint density at radius 1 is 1.03 bits per heavy atom. The fourth-order valence-corrected chi connectivity index (χ4v) is 3.65. The first-order chi connectivity index (χ1) is 16.0. The van der Waals surface area contributed by atoms with Crippen molar-refractivity contribution >= 4 is 22.8 Å². The molecule has 1 N–H and O–H groups in total. The largest absolute Gasteiger partial charge is 0.497 e. The van der Waals surface area contributed by atoms with Gasteiger partial charge in [0.15, 0.2) is 11.2 Å². The topological polar surface area (TPSA) is 108 Å². The maximum atomic E-state index is 13.3. The van der Waals surface area contributed by atoms with Gasteiger partial charge in [-0.15, -0.1) is 0 Å². The van der Waals surface area contributed by atoms with Crippen LogP contribution in [-0.2, 0) is 24.3 Å². The van der Waals surface area contributed by atoms with E-state index in [1.54, 1.807) is 37.4 Å². The lowest BCUT2D eigenvalue weighted by molar-refractivity contribution is -0.116. The average Bonchev–Trinajstić information content (AvgIpc) is 2.85. The van der Waals surface area contributed by atoms with Gasteiger partial charge in [0.2, 0.25) is 5.91 Å². The standard InChI is InChI=1S/C24H23N5O4/c1-3-17-8-4-5-10-19(17)27-20(30)15-28-22-21(25-11-12-26-22)23(31)29(24(28)32)14-16-7-6-9-18(13-16)33-2/h4-13H,3,14-15H2,1-2H3,(H,27,30). The summed E-state index contributed by atoms with van der Waals surface area (Å²) >= 11 is 0. The second kappa shape index (κ2) is 9.47. The summed E-state index contributed by atoms with van der Waals surface area (Å²) in [4.78, 5) is 47.5. The van der Waals surface area contributed by atoms with Crippen LogP contribution in [0.4, 0.5) is 5.69 Å². The molecule has 0 aliphatic heterocycles. The molecule has 0 spiro atoms. The van der Waals surface area contributed by atoms with Crippen LogP contribution in [0, 0.1) is 0 Å². The van der Waals surface area contributed by atoms with E-state index in [-0.39, 0.29) is 24.3 Å². The lowest BCUT2D eigenvalue weighted by atomic mass is 10.1. The highest BCUT2D eigenvalue weighted by atomic mass is 16.5. The minimum atomic E-state index is -0.644. The molecule has 0 saturated heterocycles. The van der Waals surface area contributed by atoms with Crippen LogP contribution in [-0.4, -0.2) is 32.1 Å². The lowest BCUT2D eigenvalue weighted by Crippen LogP contribution is -2.42. The lowest BCUT2D eigenvalue weighted by Gasteiger charge is -2.14. The van der Waals surface area contributed by atoms with Gasteiger partial charge in [-0.25, -0.2) is 14.8 Å². The third-order valence-corrected chi connectivity index (χ3v) is 5.29. The number of ether oxygens (including phenoxy) is 1. The van der Waals surface area contributed by atoms with Gasteiger partial charge in [0.05, 0.1) is 13.7 Å². The second-order valence-corrected chi connectivity index (χ2v) is 7.40.